The van der Waals surface area contributed by atoms with Crippen molar-refractivity contribution in [3.8, 4) is 0 Å². The molecule has 2 aliphatic heterocycles. The Kier molecular flexibility index (Phi) is 4.56. The van der Waals surface area contributed by atoms with E-state index in [0.29, 0.717) is 16.2 Å². The molecule has 0 fully saturated rings. The fraction of sp³-hybridized carbons (Fsp3) is 0.316. The number of hydrogen-bond donors (Lipinski definition) is 0. The van der Waals surface area contributed by atoms with Crippen molar-refractivity contribution >= 4 is 28.7 Å². The summed E-state index contributed by atoms with van der Waals surface area (Å²) in [5.41, 5.74) is 4.04. The molecule has 130 valence electrons. The number of hydrogen-bond acceptors (Lipinski definition) is 6. The van der Waals surface area contributed by atoms with E-state index in [2.05, 4.69) is 4.99 Å². The molecule has 0 N–H and O–H groups in total. The predicted molar refractivity (Wildman–Crippen MR) is 98.9 cm³/mol. The molecule has 1 atom stereocenters. The van der Waals surface area contributed by atoms with Crippen molar-refractivity contribution in [1.82, 2.24) is 4.90 Å². The summed E-state index contributed by atoms with van der Waals surface area (Å²) < 4.78 is 5.01. The lowest BCUT2D eigenvalue weighted by molar-refractivity contribution is -0.136. The Morgan fingerprint density at radius 2 is 1.80 bits per heavy atom. The number of Topliss-reactive ketones (excluding diaryl/α,β-unsaturated/α-hetero) is 1. The molecule has 6 heteroatoms. The van der Waals surface area contributed by atoms with Crippen LogP contribution in [0.5, 0.6) is 0 Å². The summed E-state index contributed by atoms with van der Waals surface area (Å²) in [6, 6.07) is 7.68. The third-order valence-electron chi connectivity index (χ3n) is 4.39. The number of nitrogens with zero attached hydrogens (tertiary/aromatic N) is 2. The molecule has 2 aliphatic rings. The zero-order valence-electron chi connectivity index (χ0n) is 14.9. The fourth-order valence-corrected chi connectivity index (χ4v) is 4.23. The smallest absolute Gasteiger partial charge is 0.338 e. The van der Waals surface area contributed by atoms with E-state index in [0.717, 1.165) is 22.0 Å². The molecule has 0 saturated carbocycles. The maximum atomic E-state index is 12.5. The van der Waals surface area contributed by atoms with Crippen LogP contribution in [0.1, 0.15) is 37.9 Å². The summed E-state index contributed by atoms with van der Waals surface area (Å²) in [5, 5.41) is 0.721. The molecule has 0 aromatic heterocycles. The number of allylic oxidation sites excluding steroid dienone is 3. The van der Waals surface area contributed by atoms with Crippen LogP contribution in [0.4, 0.5) is 0 Å². The first-order chi connectivity index (χ1) is 11.8. The Morgan fingerprint density at radius 3 is 2.36 bits per heavy atom. The van der Waals surface area contributed by atoms with Gasteiger partial charge in [-0.25, -0.2) is 9.79 Å². The standard InChI is InChI=1S/C19H20N2O3S/c1-10-6-8-14(9-7-10)16-15(18(23)24-5)11(2)20-19-21(16)12(3)17(25-19)13(4)22/h6-9,16H,1-5H3. The SMILES string of the molecule is COC(=O)C1=C(C)N=C2SC(C(C)=O)=C(C)N2C1c1ccc(C)cc1. The van der Waals surface area contributed by atoms with Crippen LogP contribution < -0.4 is 0 Å². The second-order valence-corrected chi connectivity index (χ2v) is 7.12. The van der Waals surface area contributed by atoms with E-state index in [9.17, 15) is 9.59 Å². The number of thioether (sulfide) groups is 1. The average Bonchev–Trinajstić information content (AvgIpc) is 2.90. The largest absolute Gasteiger partial charge is 0.466 e. The second kappa shape index (κ2) is 6.52. The molecule has 1 aromatic rings. The van der Waals surface area contributed by atoms with E-state index in [-0.39, 0.29) is 11.8 Å². The molecule has 5 nitrogen and oxygen atoms in total. The maximum Gasteiger partial charge on any atom is 0.338 e. The second-order valence-electron chi connectivity index (χ2n) is 6.14. The summed E-state index contributed by atoms with van der Waals surface area (Å²) in [7, 11) is 1.37. The molecular formula is C19H20N2O3S. The quantitative estimate of drug-likeness (QED) is 0.773. The first-order valence-electron chi connectivity index (χ1n) is 7.98. The van der Waals surface area contributed by atoms with E-state index < -0.39 is 5.97 Å². The van der Waals surface area contributed by atoms with Gasteiger partial charge in [-0.15, -0.1) is 0 Å². The Balaban J connectivity index is 2.20. The number of methoxy groups -OCH3 is 1. The highest BCUT2D eigenvalue weighted by atomic mass is 32.2. The minimum Gasteiger partial charge on any atom is -0.466 e. The Hall–Kier alpha value is -2.34. The van der Waals surface area contributed by atoms with Crippen LogP contribution >= 0.6 is 11.8 Å². The van der Waals surface area contributed by atoms with Crippen LogP contribution in [0, 0.1) is 6.92 Å². The number of aryl methyl sites for hydroxylation is 1. The highest BCUT2D eigenvalue weighted by molar-refractivity contribution is 8.18. The van der Waals surface area contributed by atoms with Gasteiger partial charge in [-0.3, -0.25) is 4.79 Å². The zero-order valence-corrected chi connectivity index (χ0v) is 15.7. The van der Waals surface area contributed by atoms with Gasteiger partial charge in [0.05, 0.1) is 29.3 Å². The third kappa shape index (κ3) is 2.91. The van der Waals surface area contributed by atoms with Gasteiger partial charge in [0, 0.05) is 5.70 Å². The average molecular weight is 356 g/mol. The first-order valence-corrected chi connectivity index (χ1v) is 8.80. The van der Waals surface area contributed by atoms with Gasteiger partial charge < -0.3 is 9.64 Å². The van der Waals surface area contributed by atoms with E-state index in [1.54, 1.807) is 13.8 Å². The van der Waals surface area contributed by atoms with E-state index in [1.165, 1.54) is 18.9 Å². The monoisotopic (exact) mass is 356 g/mol. The number of rotatable bonds is 3. The van der Waals surface area contributed by atoms with Crippen LogP contribution in [0.2, 0.25) is 0 Å². The number of aliphatic imine (C=N–C) groups is 1. The summed E-state index contributed by atoms with van der Waals surface area (Å²) in [4.78, 5) is 31.6. The molecule has 3 rings (SSSR count). The Bertz CT molecular complexity index is 850. The molecule has 2 heterocycles. The lowest BCUT2D eigenvalue weighted by Crippen LogP contribution is -2.35. The number of amidine groups is 1. The molecule has 0 radical (unpaired) electrons. The Labute approximate surface area is 151 Å². The summed E-state index contributed by atoms with van der Waals surface area (Å²) in [6.07, 6.45) is 0. The third-order valence-corrected chi connectivity index (χ3v) is 5.65. The lowest BCUT2D eigenvalue weighted by atomic mass is 9.93. The van der Waals surface area contributed by atoms with Crippen LogP contribution in [0.3, 0.4) is 0 Å². The summed E-state index contributed by atoms with van der Waals surface area (Å²) in [5.74, 6) is -0.403. The van der Waals surface area contributed by atoms with Gasteiger partial charge in [0.15, 0.2) is 11.0 Å². The molecule has 0 bridgehead atoms. The van der Waals surface area contributed by atoms with Gasteiger partial charge in [-0.2, -0.15) is 0 Å². The van der Waals surface area contributed by atoms with Crippen molar-refractivity contribution in [2.45, 2.75) is 33.7 Å². The van der Waals surface area contributed by atoms with Gasteiger partial charge in [-0.05, 0) is 45.0 Å². The van der Waals surface area contributed by atoms with Gasteiger partial charge in [0.1, 0.15) is 0 Å². The molecule has 1 unspecified atom stereocenters. The summed E-state index contributed by atoms with van der Waals surface area (Å²) in [6.45, 7) is 7.26. The van der Waals surface area contributed by atoms with Crippen molar-refractivity contribution in [2.75, 3.05) is 7.11 Å². The molecule has 0 amide bonds. The van der Waals surface area contributed by atoms with Gasteiger partial charge >= 0.3 is 5.97 Å². The van der Waals surface area contributed by atoms with Crippen molar-refractivity contribution in [3.63, 3.8) is 0 Å². The number of benzene rings is 1. The number of fused-ring (bicyclic) bond motifs is 1. The molecular weight excluding hydrogens is 336 g/mol. The van der Waals surface area contributed by atoms with E-state index in [4.69, 9.17) is 4.74 Å². The lowest BCUT2D eigenvalue weighted by Gasteiger charge is -2.35. The molecule has 0 saturated heterocycles. The predicted octanol–water partition coefficient (Wildman–Crippen LogP) is 3.72. The number of carbonyl (C=O) groups is 2. The summed E-state index contributed by atoms with van der Waals surface area (Å²) >= 11 is 1.36. The molecule has 25 heavy (non-hydrogen) atoms. The van der Waals surface area contributed by atoms with Gasteiger partial charge in [0.2, 0.25) is 0 Å². The zero-order chi connectivity index (χ0) is 18.3. The van der Waals surface area contributed by atoms with Crippen LogP contribution in [-0.4, -0.2) is 28.9 Å². The van der Waals surface area contributed by atoms with E-state index >= 15 is 0 Å². The van der Waals surface area contributed by atoms with E-state index in [1.807, 2.05) is 43.0 Å². The van der Waals surface area contributed by atoms with Crippen LogP contribution in [0.25, 0.3) is 0 Å². The molecule has 0 spiro atoms. The highest BCUT2D eigenvalue weighted by Gasteiger charge is 2.42. The van der Waals surface area contributed by atoms with Crippen molar-refractivity contribution in [1.29, 1.82) is 0 Å². The number of ketones is 1. The topological polar surface area (TPSA) is 59.0 Å². The number of esters is 1. The fourth-order valence-electron chi connectivity index (χ4n) is 3.14. The highest BCUT2D eigenvalue weighted by Crippen LogP contribution is 2.46. The van der Waals surface area contributed by atoms with Crippen LogP contribution in [0.15, 0.2) is 51.1 Å². The van der Waals surface area contributed by atoms with Crippen molar-refractivity contribution in [3.05, 3.63) is 57.3 Å². The maximum absolute atomic E-state index is 12.5. The minimum atomic E-state index is -0.403. The van der Waals surface area contributed by atoms with Crippen molar-refractivity contribution < 1.29 is 14.3 Å². The molecule has 0 aliphatic carbocycles. The normalized spacial score (nSPS) is 19.8. The Morgan fingerprint density at radius 1 is 1.16 bits per heavy atom. The number of carbonyl (C=O) groups excluding carboxylic acids is 2. The first kappa shape index (κ1) is 17.5. The van der Waals surface area contributed by atoms with Gasteiger partial charge in [0.25, 0.3) is 0 Å². The van der Waals surface area contributed by atoms with Crippen LogP contribution in [-0.2, 0) is 14.3 Å². The molecule has 1 aromatic carbocycles. The number of ether oxygens (including phenoxy) is 1. The van der Waals surface area contributed by atoms with Crippen molar-refractivity contribution in [2.24, 2.45) is 4.99 Å². The minimum absolute atomic E-state index is 0.000438. The van der Waals surface area contributed by atoms with Gasteiger partial charge in [-0.1, -0.05) is 29.8 Å².